The fourth-order valence-corrected chi connectivity index (χ4v) is 4.80. The summed E-state index contributed by atoms with van der Waals surface area (Å²) in [6.07, 6.45) is -0.612. The molecule has 0 saturated carbocycles. The van der Waals surface area contributed by atoms with Crippen LogP contribution in [0, 0.1) is 5.92 Å². The second-order valence-corrected chi connectivity index (χ2v) is 10.4. The monoisotopic (exact) mass is 595 g/mol. The van der Waals surface area contributed by atoms with Crippen molar-refractivity contribution in [3.05, 3.63) is 94.1 Å². The molecule has 0 bridgehead atoms. The maximum absolute atomic E-state index is 13.3. The topological polar surface area (TPSA) is 82.5 Å². The third-order valence-corrected chi connectivity index (χ3v) is 7.15. The van der Waals surface area contributed by atoms with Crippen molar-refractivity contribution < 1.29 is 27.9 Å². The zero-order valence-corrected chi connectivity index (χ0v) is 23.3. The number of hydrogen-bond acceptors (Lipinski definition) is 4. The van der Waals surface area contributed by atoms with Crippen LogP contribution in [0.2, 0.25) is 10.0 Å². The van der Waals surface area contributed by atoms with Gasteiger partial charge in [-0.1, -0.05) is 53.5 Å². The number of aromatic nitrogens is 1. The van der Waals surface area contributed by atoms with E-state index in [4.69, 9.17) is 33.1 Å². The van der Waals surface area contributed by atoms with E-state index in [1.807, 2.05) is 54.6 Å². The molecule has 2 heterocycles. The van der Waals surface area contributed by atoms with E-state index in [0.717, 1.165) is 42.2 Å². The van der Waals surface area contributed by atoms with E-state index >= 15 is 0 Å². The molecule has 2 N–H and O–H groups in total. The predicted octanol–water partition coefficient (Wildman–Crippen LogP) is 6.77. The van der Waals surface area contributed by atoms with Crippen molar-refractivity contribution in [2.75, 3.05) is 18.0 Å². The first-order valence-electron chi connectivity index (χ1n) is 12.7. The van der Waals surface area contributed by atoms with Gasteiger partial charge in [-0.05, 0) is 73.7 Å². The molecule has 2 aromatic carbocycles. The molecule has 1 aromatic heterocycles. The zero-order chi connectivity index (χ0) is 29.3. The Morgan fingerprint density at radius 3 is 2.20 bits per heavy atom. The molecule has 1 saturated heterocycles. The summed E-state index contributed by atoms with van der Waals surface area (Å²) in [7, 11) is 0. The van der Waals surface area contributed by atoms with Crippen LogP contribution < -0.4 is 10.2 Å². The van der Waals surface area contributed by atoms with Gasteiger partial charge in [0.2, 0.25) is 5.91 Å². The minimum Gasteiger partial charge on any atom is -0.475 e. The number of pyridine rings is 1. The second-order valence-electron chi connectivity index (χ2n) is 9.56. The summed E-state index contributed by atoms with van der Waals surface area (Å²) >= 11 is 12.2. The molecule has 0 spiro atoms. The maximum Gasteiger partial charge on any atom is 0.490 e. The van der Waals surface area contributed by atoms with Crippen molar-refractivity contribution in [3.8, 4) is 0 Å². The smallest absolute Gasteiger partial charge is 0.475 e. The van der Waals surface area contributed by atoms with Crippen LogP contribution >= 0.6 is 23.2 Å². The van der Waals surface area contributed by atoms with Crippen molar-refractivity contribution in [2.24, 2.45) is 5.92 Å². The summed E-state index contributed by atoms with van der Waals surface area (Å²) in [4.78, 5) is 28.8. The minimum absolute atomic E-state index is 0.0421. The van der Waals surface area contributed by atoms with Crippen LogP contribution in [0.25, 0.3) is 0 Å². The highest BCUT2D eigenvalue weighted by Crippen LogP contribution is 2.28. The van der Waals surface area contributed by atoms with Crippen molar-refractivity contribution in [1.29, 1.82) is 0 Å². The second kappa shape index (κ2) is 14.4. The van der Waals surface area contributed by atoms with Gasteiger partial charge in [0.25, 0.3) is 0 Å². The lowest BCUT2D eigenvalue weighted by molar-refractivity contribution is -0.192. The molecule has 3 atom stereocenters. The summed E-state index contributed by atoms with van der Waals surface area (Å²) in [5.74, 6) is -1.65. The number of aliphatic carboxylic acids is 1. The summed E-state index contributed by atoms with van der Waals surface area (Å²) in [6.45, 7) is 3.71. The average molecular weight is 596 g/mol. The molecule has 3 aromatic rings. The Kier molecular flexibility index (Phi) is 11.2. The maximum atomic E-state index is 13.3. The lowest BCUT2D eigenvalue weighted by atomic mass is 9.86. The van der Waals surface area contributed by atoms with E-state index in [2.05, 4.69) is 34.3 Å². The molecule has 6 nitrogen and oxygen atoms in total. The molecule has 1 amide bonds. The van der Waals surface area contributed by atoms with Crippen LogP contribution in [-0.4, -0.2) is 47.3 Å². The normalized spacial score (nSPS) is 16.8. The van der Waals surface area contributed by atoms with E-state index < -0.39 is 12.1 Å². The summed E-state index contributed by atoms with van der Waals surface area (Å²) in [5, 5.41) is 11.9. The highest BCUT2D eigenvalue weighted by Gasteiger charge is 2.38. The zero-order valence-electron chi connectivity index (χ0n) is 21.7. The summed E-state index contributed by atoms with van der Waals surface area (Å²) in [5.41, 5.74) is 2.33. The quantitative estimate of drug-likeness (QED) is 0.315. The molecule has 4 rings (SSSR count). The summed E-state index contributed by atoms with van der Waals surface area (Å²) < 4.78 is 31.7. The number of alkyl halides is 3. The average Bonchev–Trinajstić information content (AvgIpc) is 2.93. The third-order valence-electron chi connectivity index (χ3n) is 6.65. The van der Waals surface area contributed by atoms with Crippen molar-refractivity contribution in [3.63, 3.8) is 0 Å². The Bertz CT molecular complexity index is 1240. The Morgan fingerprint density at radius 2 is 1.65 bits per heavy atom. The molecule has 0 radical (unpaired) electrons. The fourth-order valence-electron chi connectivity index (χ4n) is 4.55. The third kappa shape index (κ3) is 9.41. The first-order valence-corrected chi connectivity index (χ1v) is 13.5. The van der Waals surface area contributed by atoms with Gasteiger partial charge in [0.15, 0.2) is 0 Å². The number of carboxylic acids is 1. The van der Waals surface area contributed by atoms with Crippen LogP contribution in [0.15, 0.2) is 72.9 Å². The van der Waals surface area contributed by atoms with Crippen LogP contribution in [-0.2, 0) is 16.0 Å². The predicted molar refractivity (Wildman–Crippen MR) is 150 cm³/mol. The van der Waals surface area contributed by atoms with Gasteiger partial charge < -0.3 is 15.3 Å². The Hall–Kier alpha value is -3.30. The van der Waals surface area contributed by atoms with Crippen LogP contribution in [0.4, 0.5) is 19.0 Å². The van der Waals surface area contributed by atoms with Crippen LogP contribution in [0.5, 0.6) is 0 Å². The number of halogens is 5. The standard InChI is InChI=1S/C27H29Cl2N3O.C2HF3O2/c1-19(31-27(33)22-5-4-16-32(18-22)26-6-2-3-15-30-26)25(21-9-13-24(29)14-10-21)17-20-7-11-23(28)12-8-20;3-2(4,5)1(6)7/h2-3,6-15,19,22,25H,4-5,16-18H2,1H3,(H,31,33);(H,6,7). The first kappa shape index (κ1) is 31.2. The lowest BCUT2D eigenvalue weighted by Crippen LogP contribution is -2.47. The van der Waals surface area contributed by atoms with Gasteiger partial charge in [-0.25, -0.2) is 9.78 Å². The highest BCUT2D eigenvalue weighted by atomic mass is 35.5. The molecule has 3 unspecified atom stereocenters. The van der Waals surface area contributed by atoms with Crippen LogP contribution in [0.3, 0.4) is 0 Å². The number of nitrogens with zero attached hydrogens (tertiary/aromatic N) is 2. The minimum atomic E-state index is -5.08. The SMILES string of the molecule is CC(NC(=O)C1CCCN(c2ccccn2)C1)C(Cc1ccc(Cl)cc1)c1ccc(Cl)cc1.O=C(O)C(F)(F)F. The largest absolute Gasteiger partial charge is 0.490 e. The number of nitrogens with one attached hydrogen (secondary N) is 1. The van der Waals surface area contributed by atoms with Crippen LogP contribution in [0.1, 0.15) is 36.8 Å². The van der Waals surface area contributed by atoms with Crippen molar-refractivity contribution in [2.45, 2.75) is 44.3 Å². The van der Waals surface area contributed by atoms with Gasteiger partial charge in [-0.3, -0.25) is 4.79 Å². The number of piperidine rings is 1. The van der Waals surface area contributed by atoms with E-state index in [1.54, 1.807) is 6.20 Å². The molecule has 1 fully saturated rings. The van der Waals surface area contributed by atoms with Gasteiger partial charge in [-0.15, -0.1) is 0 Å². The molecule has 11 heteroatoms. The van der Waals surface area contributed by atoms with Gasteiger partial charge in [0.05, 0.1) is 5.92 Å². The number of anilines is 1. The van der Waals surface area contributed by atoms with Crippen molar-refractivity contribution >= 4 is 40.9 Å². The van der Waals surface area contributed by atoms with Gasteiger partial charge in [0.1, 0.15) is 5.82 Å². The van der Waals surface area contributed by atoms with E-state index in [0.29, 0.717) is 11.6 Å². The number of carbonyl (C=O) groups excluding carboxylic acids is 1. The molecule has 1 aliphatic rings. The highest BCUT2D eigenvalue weighted by molar-refractivity contribution is 6.30. The van der Waals surface area contributed by atoms with Gasteiger partial charge in [0, 0.05) is 41.3 Å². The Labute approximate surface area is 241 Å². The molecular weight excluding hydrogens is 566 g/mol. The van der Waals surface area contributed by atoms with E-state index in [1.165, 1.54) is 5.56 Å². The molecule has 40 heavy (non-hydrogen) atoms. The number of carboxylic acid groups (broad SMARTS) is 1. The molecule has 214 valence electrons. The fraction of sp³-hybridized carbons (Fsp3) is 0.345. The molecule has 0 aliphatic carbocycles. The number of amides is 1. The number of benzene rings is 2. The van der Waals surface area contributed by atoms with Crippen molar-refractivity contribution in [1.82, 2.24) is 10.3 Å². The summed E-state index contributed by atoms with van der Waals surface area (Å²) in [6, 6.07) is 21.7. The van der Waals surface area contributed by atoms with Gasteiger partial charge in [-0.2, -0.15) is 13.2 Å². The Morgan fingerprint density at radius 1 is 1.05 bits per heavy atom. The van der Waals surface area contributed by atoms with Gasteiger partial charge >= 0.3 is 12.1 Å². The number of rotatable bonds is 7. The van der Waals surface area contributed by atoms with E-state index in [9.17, 15) is 18.0 Å². The Balaban J connectivity index is 0.000000559. The molecular formula is C29H30Cl2F3N3O3. The lowest BCUT2D eigenvalue weighted by Gasteiger charge is -2.34. The molecule has 1 aliphatic heterocycles. The first-order chi connectivity index (χ1) is 18.9. The number of carbonyl (C=O) groups is 2. The number of hydrogen-bond donors (Lipinski definition) is 2. The van der Waals surface area contributed by atoms with E-state index in [-0.39, 0.29) is 23.8 Å².